The molecular formula is C10H10Cl2OTi. The largest absolute Gasteiger partial charge is 1.00 e. The van der Waals surface area contributed by atoms with Crippen LogP contribution >= 0.6 is 0 Å². The van der Waals surface area contributed by atoms with Crippen molar-refractivity contribution < 1.29 is 49.1 Å². The fourth-order valence-corrected chi connectivity index (χ4v) is 3.24. The smallest absolute Gasteiger partial charge is 1.00 e. The van der Waals surface area contributed by atoms with Gasteiger partial charge in [0.2, 0.25) is 0 Å². The molecule has 0 atom stereocenters. The van der Waals surface area contributed by atoms with E-state index in [4.69, 9.17) is 0 Å². The zero-order valence-corrected chi connectivity index (χ0v) is 10.6. The van der Waals surface area contributed by atoms with Crippen molar-refractivity contribution in [2.45, 2.75) is 12.8 Å². The molecule has 0 aromatic heterocycles. The molecule has 0 aliphatic heterocycles. The molecule has 0 heterocycles. The van der Waals surface area contributed by atoms with Crippen LogP contribution in [-0.2, 0) is 19.2 Å². The Morgan fingerprint density at radius 1 is 1.14 bits per heavy atom. The average Bonchev–Trinajstić information content (AvgIpc) is 2.65. The van der Waals surface area contributed by atoms with E-state index < -0.39 is 0 Å². The number of hydrogen-bond donors (Lipinski definition) is 1. The van der Waals surface area contributed by atoms with Crippen molar-refractivity contribution >= 4 is 0 Å². The van der Waals surface area contributed by atoms with E-state index in [2.05, 4.69) is 18.2 Å². The molecule has 74 valence electrons. The summed E-state index contributed by atoms with van der Waals surface area (Å²) < 4.78 is 2.81. The number of aliphatic hydroxyl groups excluding tert-OH is 1. The van der Waals surface area contributed by atoms with Gasteiger partial charge in [0.05, 0.1) is 0 Å². The standard InChI is InChI=1S/C5H5O.C5H5.2ClH.Ti/c6-5-3-1-2-4-5;1-2-4-5-3-1;;;/h1,3,6H,2H2;1-3H,4H2;2*1H;/q;;;;+2/p-2. The SMILES string of the molecule is OC1=[C]([Ti+2][C]2=CC=CC2)CC=C1.[Cl-].[Cl-]. The van der Waals surface area contributed by atoms with E-state index in [0.29, 0.717) is 5.76 Å². The van der Waals surface area contributed by atoms with Gasteiger partial charge in [0.1, 0.15) is 0 Å². The maximum Gasteiger partial charge on any atom is -1.00 e. The minimum Gasteiger partial charge on any atom is -1.00 e. The Bertz CT molecular complexity index is 316. The van der Waals surface area contributed by atoms with Crippen LogP contribution in [0.4, 0.5) is 0 Å². The average molecular weight is 265 g/mol. The van der Waals surface area contributed by atoms with E-state index in [-0.39, 0.29) is 44.0 Å². The molecule has 0 amide bonds. The molecule has 2 aliphatic carbocycles. The topological polar surface area (TPSA) is 20.2 Å². The minimum atomic E-state index is -0.192. The zero-order valence-electron chi connectivity index (χ0n) is 7.50. The molecule has 2 rings (SSSR count). The van der Waals surface area contributed by atoms with Gasteiger partial charge in [0, 0.05) is 0 Å². The molecule has 0 fully saturated rings. The van der Waals surface area contributed by atoms with E-state index in [1.165, 1.54) is 7.76 Å². The van der Waals surface area contributed by atoms with Gasteiger partial charge in [-0.25, -0.2) is 0 Å². The van der Waals surface area contributed by atoms with Crippen LogP contribution in [0.1, 0.15) is 12.8 Å². The molecule has 0 spiro atoms. The molecule has 14 heavy (non-hydrogen) atoms. The van der Waals surface area contributed by atoms with Crippen molar-refractivity contribution in [1.29, 1.82) is 0 Å². The molecule has 1 nitrogen and oxygen atoms in total. The fourth-order valence-electron chi connectivity index (χ4n) is 1.34. The second-order valence-electron chi connectivity index (χ2n) is 2.92. The van der Waals surface area contributed by atoms with E-state index in [1.807, 2.05) is 12.2 Å². The van der Waals surface area contributed by atoms with E-state index >= 15 is 0 Å². The maximum absolute atomic E-state index is 9.43. The van der Waals surface area contributed by atoms with Crippen LogP contribution in [0.2, 0.25) is 0 Å². The monoisotopic (exact) mass is 264 g/mol. The van der Waals surface area contributed by atoms with Crippen LogP contribution < -0.4 is 24.8 Å². The van der Waals surface area contributed by atoms with Crippen LogP contribution in [0.25, 0.3) is 0 Å². The summed E-state index contributed by atoms with van der Waals surface area (Å²) in [6.07, 6.45) is 12.4. The molecule has 2 aliphatic rings. The van der Waals surface area contributed by atoms with Crippen LogP contribution in [-0.4, -0.2) is 5.11 Å². The van der Waals surface area contributed by atoms with Crippen molar-refractivity contribution in [2.75, 3.05) is 0 Å². The summed E-state index contributed by atoms with van der Waals surface area (Å²) >= 11 is -0.192. The van der Waals surface area contributed by atoms with E-state index in [1.54, 1.807) is 0 Å². The zero-order chi connectivity index (χ0) is 8.39. The summed E-state index contributed by atoms with van der Waals surface area (Å²) in [4.78, 5) is 0. The van der Waals surface area contributed by atoms with Gasteiger partial charge in [-0.3, -0.25) is 0 Å². The normalized spacial score (nSPS) is 17.3. The third-order valence-corrected chi connectivity index (χ3v) is 4.26. The fraction of sp³-hybridized carbons (Fsp3) is 0.200. The van der Waals surface area contributed by atoms with Crippen LogP contribution in [0.3, 0.4) is 0 Å². The minimum absolute atomic E-state index is 0. The summed E-state index contributed by atoms with van der Waals surface area (Å²) in [5.41, 5.74) is 0. The third-order valence-electron chi connectivity index (χ3n) is 1.99. The Morgan fingerprint density at radius 2 is 1.93 bits per heavy atom. The first-order chi connectivity index (χ1) is 5.86. The van der Waals surface area contributed by atoms with E-state index in [0.717, 1.165) is 12.8 Å². The van der Waals surface area contributed by atoms with Gasteiger partial charge in [-0.05, 0) is 0 Å². The third kappa shape index (κ3) is 3.32. The summed E-state index contributed by atoms with van der Waals surface area (Å²) in [5.74, 6) is 0.530. The number of aliphatic hydroxyl groups is 1. The van der Waals surface area contributed by atoms with E-state index in [9.17, 15) is 5.11 Å². The predicted molar refractivity (Wildman–Crippen MR) is 45.3 cm³/mol. The van der Waals surface area contributed by atoms with Gasteiger partial charge in [0.15, 0.2) is 0 Å². The predicted octanol–water partition coefficient (Wildman–Crippen LogP) is -3.35. The number of halogens is 2. The van der Waals surface area contributed by atoms with Crippen molar-refractivity contribution in [1.82, 2.24) is 0 Å². The van der Waals surface area contributed by atoms with Crippen molar-refractivity contribution in [3.05, 3.63) is 43.9 Å². The molecule has 0 radical (unpaired) electrons. The summed E-state index contributed by atoms with van der Waals surface area (Å²) in [5, 5.41) is 9.43. The Balaban J connectivity index is 0.000000845. The van der Waals surface area contributed by atoms with Crippen LogP contribution in [0.15, 0.2) is 43.9 Å². The molecule has 1 N–H and O–H groups in total. The molecule has 0 aromatic carbocycles. The van der Waals surface area contributed by atoms with Gasteiger partial charge >= 0.3 is 81.0 Å². The molecule has 0 bridgehead atoms. The summed E-state index contributed by atoms with van der Waals surface area (Å²) in [6, 6.07) is 0. The number of allylic oxidation sites excluding steroid dienone is 7. The summed E-state index contributed by atoms with van der Waals surface area (Å²) in [7, 11) is 0. The second kappa shape index (κ2) is 6.52. The van der Waals surface area contributed by atoms with Gasteiger partial charge in [-0.15, -0.1) is 0 Å². The first kappa shape index (κ1) is 14.1. The Morgan fingerprint density at radius 3 is 2.43 bits per heavy atom. The number of rotatable bonds is 2. The quantitative estimate of drug-likeness (QED) is 0.517. The van der Waals surface area contributed by atoms with Gasteiger partial charge in [-0.2, -0.15) is 0 Å². The Kier molecular flexibility index (Phi) is 6.55. The Labute approximate surface area is 105 Å². The van der Waals surface area contributed by atoms with Crippen LogP contribution in [0.5, 0.6) is 0 Å². The van der Waals surface area contributed by atoms with Gasteiger partial charge in [-0.1, -0.05) is 0 Å². The molecule has 0 saturated carbocycles. The second-order valence-corrected chi connectivity index (χ2v) is 5.26. The molecule has 4 heteroatoms. The number of hydrogen-bond acceptors (Lipinski definition) is 1. The first-order valence-electron chi connectivity index (χ1n) is 4.07. The summed E-state index contributed by atoms with van der Waals surface area (Å²) in [6.45, 7) is 0. The van der Waals surface area contributed by atoms with Crippen molar-refractivity contribution in [3.63, 3.8) is 0 Å². The van der Waals surface area contributed by atoms with Gasteiger partial charge < -0.3 is 24.8 Å². The maximum atomic E-state index is 9.43. The molecular weight excluding hydrogens is 255 g/mol. The Hall–Kier alpha value is 0.0543. The van der Waals surface area contributed by atoms with Crippen LogP contribution in [0, 0.1) is 0 Å². The molecule has 0 unspecified atom stereocenters. The first-order valence-corrected chi connectivity index (χ1v) is 5.64. The molecule has 0 aromatic rings. The van der Waals surface area contributed by atoms with Crippen molar-refractivity contribution in [2.24, 2.45) is 0 Å². The van der Waals surface area contributed by atoms with Crippen molar-refractivity contribution in [3.8, 4) is 0 Å². The van der Waals surface area contributed by atoms with Gasteiger partial charge in [0.25, 0.3) is 0 Å². The molecule has 0 saturated heterocycles.